The van der Waals surface area contributed by atoms with Crippen molar-refractivity contribution in [2.24, 2.45) is 0 Å². The Labute approximate surface area is 176 Å². The van der Waals surface area contributed by atoms with Crippen molar-refractivity contribution in [3.63, 3.8) is 0 Å². The summed E-state index contributed by atoms with van der Waals surface area (Å²) in [7, 11) is 0. The third kappa shape index (κ3) is 5.49. The minimum atomic E-state index is -2.90. The van der Waals surface area contributed by atoms with Crippen molar-refractivity contribution in [2.75, 3.05) is 5.32 Å². The number of benzene rings is 2. The summed E-state index contributed by atoms with van der Waals surface area (Å²) in [6.45, 7) is -2.90. The lowest BCUT2D eigenvalue weighted by atomic mass is 10.1. The van der Waals surface area contributed by atoms with Gasteiger partial charge >= 0.3 is 6.61 Å². The van der Waals surface area contributed by atoms with Crippen molar-refractivity contribution in [3.05, 3.63) is 89.7 Å². The molecule has 0 bridgehead atoms. The lowest BCUT2D eigenvalue weighted by molar-refractivity contribution is -0.577. The van der Waals surface area contributed by atoms with Crippen LogP contribution in [0, 0.1) is 0 Å². The molecule has 0 radical (unpaired) electrons. The van der Waals surface area contributed by atoms with Gasteiger partial charge in [-0.25, -0.2) is 0 Å². The number of aromatic nitrogens is 1. The summed E-state index contributed by atoms with van der Waals surface area (Å²) in [5.41, 5.74) is 1.18. The molecule has 1 heterocycles. The highest BCUT2D eigenvalue weighted by atomic mass is 35.5. The highest BCUT2D eigenvalue weighted by molar-refractivity contribution is 7.81. The van der Waals surface area contributed by atoms with Crippen LogP contribution in [0.25, 0.3) is 11.5 Å². The lowest BCUT2D eigenvalue weighted by Gasteiger charge is -2.17. The Hall–Kier alpha value is -3.03. The number of alkyl halides is 2. The highest BCUT2D eigenvalue weighted by Gasteiger charge is 2.18. The Balaban J connectivity index is 1.93. The zero-order valence-electron chi connectivity index (χ0n) is 14.9. The van der Waals surface area contributed by atoms with E-state index in [0.29, 0.717) is 16.3 Å². The van der Waals surface area contributed by atoms with Crippen LogP contribution < -0.4 is 19.7 Å². The molecule has 3 rings (SSSR count). The first kappa shape index (κ1) is 20.7. The fourth-order valence-electron chi connectivity index (χ4n) is 2.53. The molecule has 29 heavy (non-hydrogen) atoms. The van der Waals surface area contributed by atoms with Crippen LogP contribution in [0.5, 0.6) is 5.75 Å². The highest BCUT2D eigenvalue weighted by Crippen LogP contribution is 2.21. The normalized spacial score (nSPS) is 11.7. The summed E-state index contributed by atoms with van der Waals surface area (Å²) in [6.07, 6.45) is 3.41. The van der Waals surface area contributed by atoms with Crippen molar-refractivity contribution in [2.45, 2.75) is 6.61 Å². The maximum absolute atomic E-state index is 13.1. The molecule has 1 N–H and O–H groups in total. The van der Waals surface area contributed by atoms with Gasteiger partial charge in [-0.3, -0.25) is 0 Å². The van der Waals surface area contributed by atoms with Gasteiger partial charge in [0.1, 0.15) is 5.75 Å². The van der Waals surface area contributed by atoms with Crippen molar-refractivity contribution in [1.29, 1.82) is 0 Å². The van der Waals surface area contributed by atoms with E-state index in [0.717, 1.165) is 0 Å². The average molecular weight is 433 g/mol. The fraction of sp³-hybridized carbons (Fsp3) is 0.0476. The van der Waals surface area contributed by atoms with E-state index in [9.17, 15) is 13.9 Å². The largest absolute Gasteiger partial charge is 0.867 e. The maximum Gasteiger partial charge on any atom is 0.387 e. The van der Waals surface area contributed by atoms with Gasteiger partial charge in [0.2, 0.25) is 5.70 Å². The lowest BCUT2D eigenvalue weighted by Crippen LogP contribution is -2.39. The second kappa shape index (κ2) is 9.45. The first-order chi connectivity index (χ1) is 13.9. The number of hydrogen-bond donors (Lipinski definition) is 1. The predicted molar refractivity (Wildman–Crippen MR) is 110 cm³/mol. The number of pyridine rings is 1. The number of thiocarbonyl (C=S) groups is 1. The quantitative estimate of drug-likeness (QED) is 0.272. The van der Waals surface area contributed by atoms with Gasteiger partial charge < -0.3 is 15.2 Å². The molecule has 0 aliphatic heterocycles. The topological polar surface area (TPSA) is 48.2 Å². The molecule has 0 spiro atoms. The molecule has 0 fully saturated rings. The summed E-state index contributed by atoms with van der Waals surface area (Å²) in [6, 6.07) is 17.7. The zero-order chi connectivity index (χ0) is 20.8. The van der Waals surface area contributed by atoms with E-state index < -0.39 is 6.61 Å². The summed E-state index contributed by atoms with van der Waals surface area (Å²) in [5.74, 6) is -0.275. The SMILES string of the molecule is [O-]C(=C(C(=S)Nc1ccc(OC(F)F)cc1)[n+]1ccccc1)c1ccc(Cl)cc1. The summed E-state index contributed by atoms with van der Waals surface area (Å²) in [5, 5.41) is 16.6. The number of rotatable bonds is 6. The molecule has 8 heteroatoms. The van der Waals surface area contributed by atoms with E-state index in [1.165, 1.54) is 24.3 Å². The Kier molecular flexibility index (Phi) is 6.74. The van der Waals surface area contributed by atoms with E-state index in [1.54, 1.807) is 53.4 Å². The molecule has 1 aromatic heterocycles. The number of hydrogen-bond acceptors (Lipinski definition) is 3. The van der Waals surface area contributed by atoms with Crippen LogP contribution in [0.4, 0.5) is 14.5 Å². The Bertz CT molecular complexity index is 1010. The summed E-state index contributed by atoms with van der Waals surface area (Å²) in [4.78, 5) is 0.170. The second-order valence-electron chi connectivity index (χ2n) is 5.82. The molecule has 0 saturated heterocycles. The average Bonchev–Trinajstić information content (AvgIpc) is 2.70. The second-order valence-corrected chi connectivity index (χ2v) is 6.67. The molecule has 0 amide bonds. The van der Waals surface area contributed by atoms with E-state index in [-0.39, 0.29) is 22.2 Å². The molecule has 148 valence electrons. The third-order valence-electron chi connectivity index (χ3n) is 3.85. The number of nitrogens with one attached hydrogen (secondary N) is 1. The molecule has 0 unspecified atom stereocenters. The van der Waals surface area contributed by atoms with Crippen LogP contribution in [-0.4, -0.2) is 11.6 Å². The van der Waals surface area contributed by atoms with Crippen molar-refractivity contribution >= 4 is 46.0 Å². The third-order valence-corrected chi connectivity index (χ3v) is 4.40. The van der Waals surface area contributed by atoms with Crippen LogP contribution in [0.15, 0.2) is 79.1 Å². The maximum atomic E-state index is 13.1. The van der Waals surface area contributed by atoms with E-state index in [4.69, 9.17) is 23.8 Å². The number of anilines is 1. The van der Waals surface area contributed by atoms with Gasteiger partial charge in [-0.15, -0.1) is 0 Å². The minimum Gasteiger partial charge on any atom is -0.867 e. The number of nitrogens with zero attached hydrogens (tertiary/aromatic N) is 1. The predicted octanol–water partition coefficient (Wildman–Crippen LogP) is 4.35. The Morgan fingerprint density at radius 2 is 1.62 bits per heavy atom. The monoisotopic (exact) mass is 432 g/mol. The van der Waals surface area contributed by atoms with Gasteiger partial charge in [-0.2, -0.15) is 13.3 Å². The molecular weight excluding hydrogens is 418 g/mol. The smallest absolute Gasteiger partial charge is 0.387 e. The van der Waals surface area contributed by atoms with Crippen LogP contribution in [0.1, 0.15) is 5.56 Å². The van der Waals surface area contributed by atoms with Gasteiger partial charge in [-0.05, 0) is 47.7 Å². The molecule has 4 nitrogen and oxygen atoms in total. The van der Waals surface area contributed by atoms with Gasteiger partial charge in [-0.1, -0.05) is 42.0 Å². The molecule has 0 saturated carbocycles. The molecule has 0 atom stereocenters. The van der Waals surface area contributed by atoms with Gasteiger partial charge in [0.25, 0.3) is 0 Å². The number of halogens is 3. The van der Waals surface area contributed by atoms with E-state index in [1.807, 2.05) is 6.07 Å². The standard InChI is InChI=1S/C21H15ClF2N2O2S/c22-15-6-4-14(5-7-15)19(27)18(26-12-2-1-3-13-26)20(29)25-16-8-10-17(11-9-16)28-21(23)24/h1-13,21H,(H-,25,27,29). The van der Waals surface area contributed by atoms with Crippen molar-refractivity contribution in [3.8, 4) is 5.75 Å². The molecule has 0 aliphatic rings. The Morgan fingerprint density at radius 3 is 2.21 bits per heavy atom. The van der Waals surface area contributed by atoms with Crippen molar-refractivity contribution in [1.82, 2.24) is 0 Å². The summed E-state index contributed by atoms with van der Waals surface area (Å²) < 4.78 is 30.5. The van der Waals surface area contributed by atoms with Crippen LogP contribution in [0.2, 0.25) is 5.02 Å². The van der Waals surface area contributed by atoms with Crippen LogP contribution in [-0.2, 0) is 0 Å². The van der Waals surface area contributed by atoms with Crippen LogP contribution >= 0.6 is 23.8 Å². The zero-order valence-corrected chi connectivity index (χ0v) is 16.5. The first-order valence-corrected chi connectivity index (χ1v) is 9.23. The molecule has 2 aromatic carbocycles. The minimum absolute atomic E-state index is 0.0235. The van der Waals surface area contributed by atoms with Gasteiger partial charge in [0, 0.05) is 22.8 Å². The first-order valence-electron chi connectivity index (χ1n) is 8.44. The molecule has 3 aromatic rings. The van der Waals surface area contributed by atoms with E-state index >= 15 is 0 Å². The fourth-order valence-corrected chi connectivity index (χ4v) is 2.98. The Morgan fingerprint density at radius 1 is 1.00 bits per heavy atom. The summed E-state index contributed by atoms with van der Waals surface area (Å²) >= 11 is 11.4. The van der Waals surface area contributed by atoms with Crippen LogP contribution in [0.3, 0.4) is 0 Å². The number of ether oxygens (including phenoxy) is 1. The van der Waals surface area contributed by atoms with E-state index in [2.05, 4.69) is 10.1 Å². The van der Waals surface area contributed by atoms with Crippen molar-refractivity contribution < 1.29 is 23.2 Å². The van der Waals surface area contributed by atoms with Gasteiger partial charge in [0.05, 0.1) is 0 Å². The van der Waals surface area contributed by atoms with Gasteiger partial charge in [0.15, 0.2) is 17.4 Å². The molecular formula is C21H15ClF2N2O2S. The molecule has 0 aliphatic carbocycles.